The topological polar surface area (TPSA) is 104 Å². The summed E-state index contributed by atoms with van der Waals surface area (Å²) in [5, 5.41) is 9.65. The number of carboxylic acid groups (broad SMARTS) is 1. The first-order valence-corrected chi connectivity index (χ1v) is 14.1. The summed E-state index contributed by atoms with van der Waals surface area (Å²) < 4.78 is 34.0. The third kappa shape index (κ3) is 5.64. The highest BCUT2D eigenvalue weighted by Gasteiger charge is 2.45. The maximum atomic E-state index is 13.6. The van der Waals surface area contributed by atoms with Gasteiger partial charge in [0.05, 0.1) is 47.6 Å². The van der Waals surface area contributed by atoms with Crippen molar-refractivity contribution in [1.29, 1.82) is 0 Å². The Hall–Kier alpha value is -2.33. The Balaban J connectivity index is 1.74. The fraction of sp³-hybridized carbons (Fsp3) is 0.440. The lowest BCUT2D eigenvalue weighted by atomic mass is 9.98. The van der Waals surface area contributed by atoms with Gasteiger partial charge in [0, 0.05) is 5.02 Å². The van der Waals surface area contributed by atoms with Crippen molar-refractivity contribution in [3.63, 3.8) is 0 Å². The third-order valence-electron chi connectivity index (χ3n) is 6.55. The normalized spacial score (nSPS) is 21.3. The van der Waals surface area contributed by atoms with Gasteiger partial charge in [0.1, 0.15) is 6.10 Å². The van der Waals surface area contributed by atoms with Crippen molar-refractivity contribution in [3.8, 4) is 0 Å². The predicted octanol–water partition coefficient (Wildman–Crippen LogP) is 4.51. The van der Waals surface area contributed by atoms with E-state index in [4.69, 9.17) is 27.9 Å². The first kappa shape index (κ1) is 26.7. The van der Waals surface area contributed by atoms with Gasteiger partial charge >= 0.3 is 5.97 Å². The molecule has 1 saturated heterocycles. The Morgan fingerprint density at radius 2 is 1.83 bits per heavy atom. The van der Waals surface area contributed by atoms with Gasteiger partial charge in [-0.2, -0.15) is 0 Å². The maximum absolute atomic E-state index is 13.6. The van der Waals surface area contributed by atoms with E-state index < -0.39 is 51.8 Å². The van der Waals surface area contributed by atoms with E-state index in [1.165, 1.54) is 4.31 Å². The van der Waals surface area contributed by atoms with Gasteiger partial charge in [0.15, 0.2) is 0 Å². The number of hydrogen-bond donors (Lipinski definition) is 1. The SMILES string of the molecule is CC[C@@H](CN(c1ccccc1Cl)S(=O)(=O)C1CC1)N1C(=O)[C@@H](CC(=O)O)OC[C@H]1c1ccc(Cl)cc1. The lowest BCUT2D eigenvalue weighted by molar-refractivity contribution is -0.168. The van der Waals surface area contributed by atoms with E-state index in [-0.39, 0.29) is 13.2 Å². The van der Waals surface area contributed by atoms with Gasteiger partial charge in [-0.05, 0) is 49.1 Å². The zero-order valence-electron chi connectivity index (χ0n) is 19.7. The molecule has 1 amide bonds. The number of para-hydroxylation sites is 1. The minimum atomic E-state index is -3.72. The fourth-order valence-corrected chi connectivity index (χ4v) is 6.82. The number of benzene rings is 2. The second-order valence-corrected chi connectivity index (χ2v) is 12.0. The molecule has 1 saturated carbocycles. The van der Waals surface area contributed by atoms with Crippen LogP contribution in [0.1, 0.15) is 44.2 Å². The molecule has 11 heteroatoms. The second kappa shape index (κ2) is 11.0. The number of anilines is 1. The highest BCUT2D eigenvalue weighted by molar-refractivity contribution is 7.93. The molecule has 0 unspecified atom stereocenters. The second-order valence-electron chi connectivity index (χ2n) is 9.02. The van der Waals surface area contributed by atoms with Gasteiger partial charge in [-0.15, -0.1) is 0 Å². The first-order valence-electron chi connectivity index (χ1n) is 11.8. The minimum absolute atomic E-state index is 0.0192. The largest absolute Gasteiger partial charge is 0.481 e. The highest BCUT2D eigenvalue weighted by atomic mass is 35.5. The fourth-order valence-electron chi connectivity index (χ4n) is 4.50. The van der Waals surface area contributed by atoms with Crippen LogP contribution in [-0.4, -0.2) is 60.8 Å². The van der Waals surface area contributed by atoms with Crippen LogP contribution >= 0.6 is 23.2 Å². The Morgan fingerprint density at radius 1 is 1.17 bits per heavy atom. The number of ether oxygens (including phenoxy) is 1. The first-order chi connectivity index (χ1) is 17.1. The van der Waals surface area contributed by atoms with Crippen LogP contribution in [0.15, 0.2) is 48.5 Å². The van der Waals surface area contributed by atoms with E-state index in [0.29, 0.717) is 35.0 Å². The number of halogens is 2. The molecule has 2 aromatic carbocycles. The number of amides is 1. The van der Waals surface area contributed by atoms with Crippen LogP contribution in [0.3, 0.4) is 0 Å². The molecular weight excluding hydrogens is 527 g/mol. The molecule has 8 nitrogen and oxygen atoms in total. The van der Waals surface area contributed by atoms with Crippen LogP contribution < -0.4 is 4.31 Å². The molecule has 36 heavy (non-hydrogen) atoms. The molecule has 2 fully saturated rings. The van der Waals surface area contributed by atoms with Gasteiger partial charge in [-0.1, -0.05) is 54.4 Å². The molecule has 0 radical (unpaired) electrons. The number of hydrogen-bond acceptors (Lipinski definition) is 5. The van der Waals surface area contributed by atoms with Gasteiger partial charge in [-0.3, -0.25) is 13.9 Å². The van der Waals surface area contributed by atoms with Crippen molar-refractivity contribution in [2.45, 2.75) is 56.0 Å². The summed E-state index contributed by atoms with van der Waals surface area (Å²) in [6.07, 6.45) is -0.0614. The summed E-state index contributed by atoms with van der Waals surface area (Å²) in [7, 11) is -3.72. The van der Waals surface area contributed by atoms with Gasteiger partial charge in [0.25, 0.3) is 5.91 Å². The van der Waals surface area contributed by atoms with Gasteiger partial charge in [0.2, 0.25) is 10.0 Å². The Morgan fingerprint density at radius 3 is 2.42 bits per heavy atom. The number of morpholine rings is 1. The Bertz CT molecular complexity index is 1220. The van der Waals surface area contributed by atoms with E-state index in [9.17, 15) is 23.1 Å². The summed E-state index contributed by atoms with van der Waals surface area (Å²) in [4.78, 5) is 26.6. The summed E-state index contributed by atoms with van der Waals surface area (Å²) in [5.41, 5.74) is 1.12. The van der Waals surface area contributed by atoms with E-state index in [2.05, 4.69) is 0 Å². The lowest BCUT2D eigenvalue weighted by Crippen LogP contribution is -2.57. The van der Waals surface area contributed by atoms with Crippen LogP contribution in [0.5, 0.6) is 0 Å². The zero-order valence-corrected chi connectivity index (χ0v) is 22.0. The van der Waals surface area contributed by atoms with E-state index >= 15 is 0 Å². The average Bonchev–Trinajstić information content (AvgIpc) is 3.69. The van der Waals surface area contributed by atoms with Crippen LogP contribution in [0.2, 0.25) is 10.0 Å². The summed E-state index contributed by atoms with van der Waals surface area (Å²) in [5.74, 6) is -1.64. The van der Waals surface area contributed by atoms with Gasteiger partial charge < -0.3 is 14.7 Å². The molecule has 4 rings (SSSR count). The number of aliphatic carboxylic acids is 1. The lowest BCUT2D eigenvalue weighted by Gasteiger charge is -2.45. The molecule has 0 aromatic heterocycles. The third-order valence-corrected chi connectivity index (χ3v) is 9.40. The standard InChI is InChI=1S/C25H28Cl2N2O6S/c1-2-18(14-28(36(33,34)19-11-12-19)21-6-4-3-5-20(21)27)29-22(16-7-9-17(26)10-8-16)15-35-23(25(29)32)13-24(30)31/h3-10,18-19,22-23H,2,11-15H2,1H3,(H,30,31)/t18-,22-,23+/m0/s1. The van der Waals surface area contributed by atoms with E-state index in [1.54, 1.807) is 53.4 Å². The van der Waals surface area contributed by atoms with Crippen LogP contribution in [0.4, 0.5) is 5.69 Å². The molecular formula is C25H28Cl2N2O6S. The molecule has 1 N–H and O–H groups in total. The number of carbonyl (C=O) groups is 2. The molecule has 1 heterocycles. The number of rotatable bonds is 10. The molecule has 2 aromatic rings. The van der Waals surface area contributed by atoms with Crippen LogP contribution in [0.25, 0.3) is 0 Å². The van der Waals surface area contributed by atoms with Crippen LogP contribution in [0, 0.1) is 0 Å². The minimum Gasteiger partial charge on any atom is -0.481 e. The monoisotopic (exact) mass is 554 g/mol. The summed E-state index contributed by atoms with van der Waals surface area (Å²) >= 11 is 12.5. The molecule has 0 spiro atoms. The Labute approximate surface area is 220 Å². The van der Waals surface area contributed by atoms with E-state index in [1.807, 2.05) is 6.92 Å². The average molecular weight is 555 g/mol. The maximum Gasteiger partial charge on any atom is 0.306 e. The molecule has 194 valence electrons. The highest BCUT2D eigenvalue weighted by Crippen LogP contribution is 2.38. The van der Waals surface area contributed by atoms with E-state index in [0.717, 1.165) is 5.56 Å². The molecule has 2 aliphatic rings. The summed E-state index contributed by atoms with van der Waals surface area (Å²) in [6, 6.07) is 12.6. The zero-order chi connectivity index (χ0) is 26.0. The van der Waals surface area contributed by atoms with Crippen molar-refractivity contribution in [3.05, 3.63) is 64.1 Å². The number of carboxylic acids is 1. The quantitative estimate of drug-likeness (QED) is 0.463. The molecule has 1 aliphatic carbocycles. The predicted molar refractivity (Wildman–Crippen MR) is 138 cm³/mol. The smallest absolute Gasteiger partial charge is 0.306 e. The van der Waals surface area contributed by atoms with Crippen LogP contribution in [-0.2, 0) is 24.3 Å². The summed E-state index contributed by atoms with van der Waals surface area (Å²) in [6.45, 7) is 1.92. The van der Waals surface area contributed by atoms with Gasteiger partial charge in [-0.25, -0.2) is 8.42 Å². The number of carbonyl (C=O) groups excluding carboxylic acids is 1. The molecule has 1 aliphatic heterocycles. The number of sulfonamides is 1. The van der Waals surface area contributed by atoms with Crippen molar-refractivity contribution in [2.75, 3.05) is 17.5 Å². The van der Waals surface area contributed by atoms with Crippen molar-refractivity contribution < 1.29 is 27.9 Å². The van der Waals surface area contributed by atoms with Crippen molar-refractivity contribution in [1.82, 2.24) is 4.90 Å². The molecule has 0 bridgehead atoms. The molecule has 3 atom stereocenters. The van der Waals surface area contributed by atoms with Crippen molar-refractivity contribution in [2.24, 2.45) is 0 Å². The van der Waals surface area contributed by atoms with Crippen molar-refractivity contribution >= 4 is 50.8 Å². The Kier molecular flexibility index (Phi) is 8.14. The number of nitrogens with zero attached hydrogens (tertiary/aromatic N) is 2.